The number of carbonyl (C=O) groups is 2. The van der Waals surface area contributed by atoms with E-state index in [2.05, 4.69) is 5.92 Å². The first-order chi connectivity index (χ1) is 8.59. The van der Waals surface area contributed by atoms with Crippen LogP contribution in [0.25, 0.3) is 0 Å². The van der Waals surface area contributed by atoms with E-state index in [0.717, 1.165) is 0 Å². The topological polar surface area (TPSA) is 63.6 Å². The van der Waals surface area contributed by atoms with Gasteiger partial charge in [-0.3, -0.25) is 9.59 Å². The van der Waals surface area contributed by atoms with Crippen molar-refractivity contribution in [2.24, 2.45) is 0 Å². The Balaban J connectivity index is 3.36. The highest BCUT2D eigenvalue weighted by Crippen LogP contribution is 2.30. The van der Waals surface area contributed by atoms with Gasteiger partial charge in [-0.1, -0.05) is 30.3 Å². The molecule has 0 heterocycles. The van der Waals surface area contributed by atoms with E-state index in [4.69, 9.17) is 11.2 Å². The van der Waals surface area contributed by atoms with E-state index in [9.17, 15) is 14.7 Å². The van der Waals surface area contributed by atoms with E-state index in [0.29, 0.717) is 5.56 Å². The van der Waals surface area contributed by atoms with Crippen molar-refractivity contribution in [2.45, 2.75) is 18.8 Å². The summed E-state index contributed by atoms with van der Waals surface area (Å²) in [6, 6.07) is 8.16. The Morgan fingerprint density at radius 3 is 2.44 bits per heavy atom. The van der Waals surface area contributed by atoms with Crippen molar-refractivity contribution < 1.29 is 19.4 Å². The number of hydrogen-bond acceptors (Lipinski definition) is 3. The monoisotopic (exact) mass is 246 g/mol. The first-order valence-electron chi connectivity index (χ1n) is 5.49. The number of rotatable bonds is 5. The number of carbonyl (C=O) groups excluding carboxylic acids is 1. The van der Waals surface area contributed by atoms with Crippen molar-refractivity contribution in [1.29, 1.82) is 0 Å². The van der Waals surface area contributed by atoms with Gasteiger partial charge in [-0.05, 0) is 12.5 Å². The summed E-state index contributed by atoms with van der Waals surface area (Å²) in [5.74, 6) is 0.113. The SMILES string of the molecule is C#CCC(C(=O)O)(C(=O)OCC)c1ccccc1. The second kappa shape index (κ2) is 5.87. The molecule has 0 aliphatic rings. The summed E-state index contributed by atoms with van der Waals surface area (Å²) in [6.45, 7) is 1.72. The number of ether oxygens (including phenoxy) is 1. The molecule has 0 aromatic heterocycles. The van der Waals surface area contributed by atoms with E-state index in [-0.39, 0.29) is 13.0 Å². The summed E-state index contributed by atoms with van der Waals surface area (Å²) in [4.78, 5) is 23.5. The Morgan fingerprint density at radius 2 is 2.00 bits per heavy atom. The van der Waals surface area contributed by atoms with E-state index in [1.807, 2.05) is 0 Å². The van der Waals surface area contributed by atoms with E-state index in [1.165, 1.54) is 0 Å². The van der Waals surface area contributed by atoms with Gasteiger partial charge in [0.25, 0.3) is 0 Å². The number of carboxylic acids is 1. The molecule has 1 unspecified atom stereocenters. The number of terminal acetylenes is 1. The molecule has 0 spiro atoms. The van der Waals surface area contributed by atoms with Gasteiger partial charge in [0.1, 0.15) is 0 Å². The lowest BCUT2D eigenvalue weighted by Gasteiger charge is -2.25. The fourth-order valence-corrected chi connectivity index (χ4v) is 1.71. The molecular weight excluding hydrogens is 232 g/mol. The van der Waals surface area contributed by atoms with Crippen LogP contribution in [-0.4, -0.2) is 23.7 Å². The van der Waals surface area contributed by atoms with Crippen molar-refractivity contribution in [2.75, 3.05) is 6.61 Å². The van der Waals surface area contributed by atoms with Gasteiger partial charge in [0.05, 0.1) is 6.61 Å². The summed E-state index contributed by atoms with van der Waals surface area (Å²) < 4.78 is 4.86. The predicted octanol–water partition coefficient (Wildman–Crippen LogP) is 1.60. The maximum absolute atomic E-state index is 12.0. The van der Waals surface area contributed by atoms with Crippen LogP contribution in [0, 0.1) is 12.3 Å². The Morgan fingerprint density at radius 1 is 1.39 bits per heavy atom. The molecule has 4 nitrogen and oxygen atoms in total. The third-order valence-corrected chi connectivity index (χ3v) is 2.62. The number of aliphatic carboxylic acids is 1. The first-order valence-corrected chi connectivity index (χ1v) is 5.49. The summed E-state index contributed by atoms with van der Waals surface area (Å²) in [5, 5.41) is 9.41. The number of benzene rings is 1. The normalized spacial score (nSPS) is 13.1. The molecule has 18 heavy (non-hydrogen) atoms. The van der Waals surface area contributed by atoms with Gasteiger partial charge in [0.2, 0.25) is 5.41 Å². The van der Waals surface area contributed by atoms with Crippen LogP contribution in [0.2, 0.25) is 0 Å². The number of hydrogen-bond donors (Lipinski definition) is 1. The Hall–Kier alpha value is -2.28. The standard InChI is InChI=1S/C14H14O4/c1-3-10-14(12(15)16,13(17)18-4-2)11-8-6-5-7-9-11/h1,5-9H,4,10H2,2H3,(H,15,16). The molecule has 1 N–H and O–H groups in total. The number of esters is 1. The quantitative estimate of drug-likeness (QED) is 0.487. The van der Waals surface area contributed by atoms with Gasteiger partial charge in [-0.2, -0.15) is 0 Å². The molecule has 1 atom stereocenters. The van der Waals surface area contributed by atoms with Crippen molar-refractivity contribution >= 4 is 11.9 Å². The highest BCUT2D eigenvalue weighted by atomic mass is 16.5. The molecule has 1 aromatic rings. The lowest BCUT2D eigenvalue weighted by molar-refractivity contribution is -0.161. The van der Waals surface area contributed by atoms with Crippen molar-refractivity contribution in [3.05, 3.63) is 35.9 Å². The second-order valence-electron chi connectivity index (χ2n) is 3.68. The van der Waals surface area contributed by atoms with Gasteiger partial charge in [-0.25, -0.2) is 0 Å². The van der Waals surface area contributed by atoms with Crippen molar-refractivity contribution in [3.8, 4) is 12.3 Å². The third kappa shape index (κ3) is 2.35. The van der Waals surface area contributed by atoms with Gasteiger partial charge < -0.3 is 9.84 Å². The van der Waals surface area contributed by atoms with Crippen LogP contribution >= 0.6 is 0 Å². The van der Waals surface area contributed by atoms with E-state index in [1.54, 1.807) is 37.3 Å². The van der Waals surface area contributed by atoms with E-state index < -0.39 is 17.4 Å². The molecule has 1 aromatic carbocycles. The molecule has 0 radical (unpaired) electrons. The van der Waals surface area contributed by atoms with Gasteiger partial charge >= 0.3 is 11.9 Å². The fourth-order valence-electron chi connectivity index (χ4n) is 1.71. The lowest BCUT2D eigenvalue weighted by atomic mass is 9.78. The minimum Gasteiger partial charge on any atom is -0.480 e. The maximum atomic E-state index is 12.0. The van der Waals surface area contributed by atoms with Crippen molar-refractivity contribution in [3.63, 3.8) is 0 Å². The Bertz CT molecular complexity index is 472. The van der Waals surface area contributed by atoms with Crippen molar-refractivity contribution in [1.82, 2.24) is 0 Å². The Labute approximate surface area is 106 Å². The molecule has 0 bridgehead atoms. The van der Waals surface area contributed by atoms with E-state index >= 15 is 0 Å². The zero-order valence-corrected chi connectivity index (χ0v) is 10.1. The molecular formula is C14H14O4. The minimum atomic E-state index is -1.83. The van der Waals surface area contributed by atoms with Crippen LogP contribution in [0.1, 0.15) is 18.9 Å². The summed E-state index contributed by atoms with van der Waals surface area (Å²) in [7, 11) is 0. The third-order valence-electron chi connectivity index (χ3n) is 2.62. The molecule has 0 saturated carbocycles. The van der Waals surface area contributed by atoms with Gasteiger partial charge in [-0.15, -0.1) is 12.3 Å². The zero-order valence-electron chi connectivity index (χ0n) is 10.1. The molecule has 0 saturated heterocycles. The van der Waals surface area contributed by atoms with Crippen LogP contribution in [0.3, 0.4) is 0 Å². The molecule has 0 fully saturated rings. The minimum absolute atomic E-state index is 0.102. The van der Waals surface area contributed by atoms with Gasteiger partial charge in [0, 0.05) is 6.42 Å². The summed E-state index contributed by atoms with van der Waals surface area (Å²) in [5.41, 5.74) is -1.50. The molecule has 4 heteroatoms. The zero-order chi connectivity index (χ0) is 13.6. The fraction of sp³-hybridized carbons (Fsp3) is 0.286. The molecule has 0 aliphatic heterocycles. The predicted molar refractivity (Wildman–Crippen MR) is 65.8 cm³/mol. The summed E-state index contributed by atoms with van der Waals surface area (Å²) >= 11 is 0. The number of carboxylic acid groups (broad SMARTS) is 1. The highest BCUT2D eigenvalue weighted by Gasteiger charge is 2.48. The molecule has 0 aliphatic carbocycles. The van der Waals surface area contributed by atoms with Crippen LogP contribution in [0.15, 0.2) is 30.3 Å². The van der Waals surface area contributed by atoms with Crippen LogP contribution in [0.5, 0.6) is 0 Å². The molecule has 0 amide bonds. The van der Waals surface area contributed by atoms with Gasteiger partial charge in [0.15, 0.2) is 0 Å². The lowest BCUT2D eigenvalue weighted by Crippen LogP contribution is -2.44. The smallest absolute Gasteiger partial charge is 0.329 e. The summed E-state index contributed by atoms with van der Waals surface area (Å²) in [6.07, 6.45) is 4.96. The first kappa shape index (κ1) is 13.8. The Kier molecular flexibility index (Phi) is 4.50. The largest absolute Gasteiger partial charge is 0.480 e. The average molecular weight is 246 g/mol. The van der Waals surface area contributed by atoms with Crippen LogP contribution < -0.4 is 0 Å². The van der Waals surface area contributed by atoms with Crippen LogP contribution in [0.4, 0.5) is 0 Å². The molecule has 1 rings (SSSR count). The maximum Gasteiger partial charge on any atom is 0.329 e. The second-order valence-corrected chi connectivity index (χ2v) is 3.68. The highest BCUT2D eigenvalue weighted by molar-refractivity contribution is 6.05. The average Bonchev–Trinajstić information content (AvgIpc) is 2.36. The molecule has 94 valence electrons. The van der Waals surface area contributed by atoms with Crippen LogP contribution in [-0.2, 0) is 19.7 Å².